The van der Waals surface area contributed by atoms with Gasteiger partial charge in [-0.3, -0.25) is 23.6 Å². The maximum Gasteiger partial charge on any atom is 0.214 e. The number of ketones is 2. The van der Waals surface area contributed by atoms with Gasteiger partial charge in [0.25, 0.3) is 0 Å². The molecule has 2 aliphatic heterocycles. The molecule has 0 radical (unpaired) electrons. The van der Waals surface area contributed by atoms with E-state index in [1.807, 2.05) is 65.2 Å². The van der Waals surface area contributed by atoms with Crippen molar-refractivity contribution in [2.45, 2.75) is 27.2 Å². The first-order valence-corrected chi connectivity index (χ1v) is 15.8. The van der Waals surface area contributed by atoms with Gasteiger partial charge in [-0.25, -0.2) is 9.98 Å². The summed E-state index contributed by atoms with van der Waals surface area (Å²) in [5.41, 5.74) is 5.35. The molecule has 10 heteroatoms. The van der Waals surface area contributed by atoms with E-state index in [-0.39, 0.29) is 35.8 Å². The Hall–Kier alpha value is -5.84. The Kier molecular flexibility index (Phi) is 7.96. The molecule has 0 spiro atoms. The zero-order valence-corrected chi connectivity index (χ0v) is 26.5. The largest absolute Gasteiger partial charge is 0.494 e. The van der Waals surface area contributed by atoms with E-state index in [9.17, 15) is 24.9 Å². The van der Waals surface area contributed by atoms with Crippen molar-refractivity contribution in [3.8, 4) is 11.8 Å². The first-order valence-electron chi connectivity index (χ1n) is 15.8. The Morgan fingerprint density at radius 1 is 0.604 bits per heavy atom. The molecule has 0 aliphatic carbocycles. The molecule has 3 N–H and O–H groups in total. The normalized spacial score (nSPS) is 13.5. The number of carbonyl (C=O) groups is 2. The highest BCUT2D eigenvalue weighted by molar-refractivity contribution is 6.57. The number of aliphatic hydroxyl groups is 1. The number of para-hydroxylation sites is 4. The molecule has 6 aromatic rings. The van der Waals surface area contributed by atoms with E-state index in [1.54, 1.807) is 36.4 Å². The molecule has 0 unspecified atom stereocenters. The van der Waals surface area contributed by atoms with Crippen LogP contribution in [0.2, 0.25) is 0 Å². The molecule has 0 fully saturated rings. The summed E-state index contributed by atoms with van der Waals surface area (Å²) in [4.78, 5) is 36.6. The van der Waals surface area contributed by atoms with E-state index >= 15 is 0 Å². The van der Waals surface area contributed by atoms with Crippen molar-refractivity contribution < 1.29 is 24.9 Å². The number of hydrogen-bond donors (Lipinski definition) is 3. The second-order valence-corrected chi connectivity index (χ2v) is 11.5. The summed E-state index contributed by atoms with van der Waals surface area (Å²) >= 11 is 0. The topological polar surface area (TPSA) is 133 Å². The van der Waals surface area contributed by atoms with Crippen molar-refractivity contribution in [1.82, 2.24) is 14.0 Å². The van der Waals surface area contributed by atoms with Crippen molar-refractivity contribution >= 4 is 56.2 Å². The van der Waals surface area contributed by atoms with Crippen LogP contribution in [-0.4, -0.2) is 65.4 Å². The summed E-state index contributed by atoms with van der Waals surface area (Å²) in [6.07, 6.45) is 0. The lowest BCUT2D eigenvalue weighted by Crippen LogP contribution is -2.25. The smallest absolute Gasteiger partial charge is 0.214 e. The molecule has 240 valence electrons. The summed E-state index contributed by atoms with van der Waals surface area (Å²) in [5, 5.41) is 32.5. The third kappa shape index (κ3) is 4.90. The number of fused-ring (bicyclic) bond motifs is 4. The minimum Gasteiger partial charge on any atom is -0.494 e. The summed E-state index contributed by atoms with van der Waals surface area (Å²) < 4.78 is 3.21. The highest BCUT2D eigenvalue weighted by Gasteiger charge is 2.32. The first kappa shape index (κ1) is 30.8. The third-order valence-electron chi connectivity index (χ3n) is 8.93. The maximum absolute atomic E-state index is 12.9. The second kappa shape index (κ2) is 12.4. The summed E-state index contributed by atoms with van der Waals surface area (Å²) in [5.74, 6) is -0.407. The standard InChI is InChI=1S/C21H21N3O2.C17H12N2O3/c1-3-23(4-2)13-24-17-12-8-6-10-15(17)18(21(24)26)19-20(25)14-9-5-7-11-16(14)22-19;20-9-19-13-8-4-2-6-11(13)14(17(19)22)15-16(21)10-5-1-3-7-12(10)18-15/h5-12,26H,3-4,13H2,1-2H3;1-8,20,22H,9H2. The van der Waals surface area contributed by atoms with Crippen molar-refractivity contribution in [2.24, 2.45) is 9.98 Å². The average Bonchev–Trinajstić information content (AvgIpc) is 3.80. The molecule has 0 amide bonds. The van der Waals surface area contributed by atoms with Crippen LogP contribution in [0.15, 0.2) is 107 Å². The fraction of sp³-hybridized carbons (Fsp3) is 0.158. The number of benzene rings is 4. The highest BCUT2D eigenvalue weighted by Crippen LogP contribution is 2.38. The summed E-state index contributed by atoms with van der Waals surface area (Å²) in [7, 11) is 0. The van der Waals surface area contributed by atoms with Gasteiger partial charge in [0.15, 0.2) is 0 Å². The molecule has 2 aromatic heterocycles. The van der Waals surface area contributed by atoms with Crippen molar-refractivity contribution in [2.75, 3.05) is 13.1 Å². The van der Waals surface area contributed by atoms with Gasteiger partial charge in [0, 0.05) is 21.9 Å². The van der Waals surface area contributed by atoms with Gasteiger partial charge in [0.1, 0.15) is 18.2 Å². The first-order chi connectivity index (χ1) is 23.4. The predicted octanol–water partition coefficient (Wildman–Crippen LogP) is 6.58. The van der Waals surface area contributed by atoms with Gasteiger partial charge in [0.2, 0.25) is 23.3 Å². The molecule has 8 rings (SSSR count). The van der Waals surface area contributed by atoms with Gasteiger partial charge in [0.05, 0.1) is 40.2 Å². The van der Waals surface area contributed by atoms with E-state index in [0.717, 1.165) is 24.0 Å². The molecule has 2 aliphatic rings. The zero-order chi connectivity index (χ0) is 33.5. The fourth-order valence-electron chi connectivity index (χ4n) is 6.42. The SMILES string of the molecule is CCN(CC)Cn1c(O)c(C2=Nc3ccccc3C2=O)c2ccccc21.O=C1C(c2c(O)n(CO)c3ccccc23)=Nc2ccccc21. The van der Waals surface area contributed by atoms with Crippen LogP contribution < -0.4 is 0 Å². The minimum atomic E-state index is -0.374. The lowest BCUT2D eigenvalue weighted by atomic mass is 10.0. The lowest BCUT2D eigenvalue weighted by molar-refractivity contribution is 0.106. The quantitative estimate of drug-likeness (QED) is 0.181. The molecule has 0 bridgehead atoms. The molecule has 0 saturated carbocycles. The number of aromatic hydroxyl groups is 2. The Morgan fingerprint density at radius 3 is 1.48 bits per heavy atom. The van der Waals surface area contributed by atoms with Crippen LogP contribution in [0, 0.1) is 0 Å². The number of hydrogen-bond acceptors (Lipinski definition) is 8. The van der Waals surface area contributed by atoms with Crippen LogP contribution in [0.1, 0.15) is 45.7 Å². The molecular formula is C38H33N5O5. The highest BCUT2D eigenvalue weighted by atomic mass is 16.3. The molecule has 4 heterocycles. The van der Waals surface area contributed by atoms with Crippen LogP contribution in [0.4, 0.5) is 11.4 Å². The van der Waals surface area contributed by atoms with Gasteiger partial charge >= 0.3 is 0 Å². The summed E-state index contributed by atoms with van der Waals surface area (Å²) in [6, 6.07) is 29.4. The average molecular weight is 640 g/mol. The fourth-order valence-corrected chi connectivity index (χ4v) is 6.42. The zero-order valence-electron chi connectivity index (χ0n) is 26.5. The Labute approximate surface area is 276 Å². The molecule has 0 saturated heterocycles. The Morgan fingerprint density at radius 2 is 1.02 bits per heavy atom. The second-order valence-electron chi connectivity index (χ2n) is 11.5. The maximum atomic E-state index is 12.9. The Balaban J connectivity index is 0.000000154. The van der Waals surface area contributed by atoms with E-state index < -0.39 is 0 Å². The number of Topliss-reactive ketones (excluding diaryl/α,β-unsaturated/α-hetero) is 2. The third-order valence-corrected chi connectivity index (χ3v) is 8.93. The van der Waals surface area contributed by atoms with E-state index in [2.05, 4.69) is 28.7 Å². The van der Waals surface area contributed by atoms with Crippen LogP contribution in [0.3, 0.4) is 0 Å². The lowest BCUT2D eigenvalue weighted by Gasteiger charge is -2.20. The monoisotopic (exact) mass is 639 g/mol. The van der Waals surface area contributed by atoms with E-state index in [1.165, 1.54) is 4.57 Å². The van der Waals surface area contributed by atoms with E-state index in [0.29, 0.717) is 56.9 Å². The van der Waals surface area contributed by atoms with E-state index in [4.69, 9.17) is 0 Å². The van der Waals surface area contributed by atoms with Gasteiger partial charge in [-0.1, -0.05) is 74.5 Å². The van der Waals surface area contributed by atoms with Crippen LogP contribution in [0.5, 0.6) is 11.8 Å². The van der Waals surface area contributed by atoms with Crippen LogP contribution >= 0.6 is 0 Å². The number of aliphatic hydroxyl groups excluding tert-OH is 1. The van der Waals surface area contributed by atoms with Crippen molar-refractivity contribution in [3.63, 3.8) is 0 Å². The van der Waals surface area contributed by atoms with Crippen LogP contribution in [-0.2, 0) is 13.4 Å². The van der Waals surface area contributed by atoms with Crippen molar-refractivity contribution in [1.29, 1.82) is 0 Å². The number of aliphatic imine (C=N–C) groups is 2. The Bertz CT molecular complexity index is 2310. The number of aromatic nitrogens is 2. The predicted molar refractivity (Wildman–Crippen MR) is 186 cm³/mol. The van der Waals surface area contributed by atoms with Gasteiger partial charge in [-0.05, 0) is 49.5 Å². The van der Waals surface area contributed by atoms with Gasteiger partial charge < -0.3 is 15.3 Å². The number of nitrogens with zero attached hydrogens (tertiary/aromatic N) is 5. The molecular weight excluding hydrogens is 606 g/mol. The van der Waals surface area contributed by atoms with Gasteiger partial charge in [-0.15, -0.1) is 0 Å². The van der Waals surface area contributed by atoms with Crippen LogP contribution in [0.25, 0.3) is 21.8 Å². The number of carbonyl (C=O) groups excluding carboxylic acids is 2. The molecule has 10 nitrogen and oxygen atoms in total. The molecule has 4 aromatic carbocycles. The van der Waals surface area contributed by atoms with Gasteiger partial charge in [-0.2, -0.15) is 0 Å². The number of rotatable bonds is 7. The molecule has 48 heavy (non-hydrogen) atoms. The van der Waals surface area contributed by atoms with Crippen molar-refractivity contribution in [3.05, 3.63) is 119 Å². The summed E-state index contributed by atoms with van der Waals surface area (Å²) in [6.45, 7) is 6.13. The molecule has 0 atom stereocenters. The minimum absolute atomic E-state index is 0.0954.